The molecule has 1 aromatic heterocycles. The van der Waals surface area contributed by atoms with Gasteiger partial charge in [0.2, 0.25) is 11.8 Å². The zero-order chi connectivity index (χ0) is 18.1. The van der Waals surface area contributed by atoms with E-state index in [1.165, 1.54) is 0 Å². The molecule has 7 nitrogen and oxygen atoms in total. The number of benzene rings is 1. The number of carbonyl (C=O) groups is 1. The van der Waals surface area contributed by atoms with E-state index in [0.717, 1.165) is 22.9 Å². The Hall–Kier alpha value is -1.87. The van der Waals surface area contributed by atoms with E-state index >= 15 is 0 Å². The van der Waals surface area contributed by atoms with Crippen LogP contribution in [0.5, 0.6) is 0 Å². The van der Waals surface area contributed by atoms with Gasteiger partial charge in [-0.05, 0) is 31.9 Å². The second kappa shape index (κ2) is 6.80. The summed E-state index contributed by atoms with van der Waals surface area (Å²) in [7, 11) is -3.06. The first kappa shape index (κ1) is 17.9. The maximum Gasteiger partial charge on any atom is 0.277 e. The molecule has 134 valence electrons. The largest absolute Gasteiger partial charge is 0.411 e. The van der Waals surface area contributed by atoms with Gasteiger partial charge in [-0.1, -0.05) is 30.0 Å². The van der Waals surface area contributed by atoms with Crippen molar-refractivity contribution in [2.24, 2.45) is 0 Å². The first-order chi connectivity index (χ1) is 11.8. The van der Waals surface area contributed by atoms with Crippen LogP contribution in [0.3, 0.4) is 0 Å². The Morgan fingerprint density at radius 1 is 1.36 bits per heavy atom. The van der Waals surface area contributed by atoms with Crippen LogP contribution in [0.4, 0.5) is 0 Å². The number of amides is 1. The third-order valence-electron chi connectivity index (χ3n) is 4.05. The summed E-state index contributed by atoms with van der Waals surface area (Å²) < 4.78 is 28.8. The van der Waals surface area contributed by atoms with Gasteiger partial charge in [-0.3, -0.25) is 4.79 Å². The van der Waals surface area contributed by atoms with Gasteiger partial charge in [0.1, 0.15) is 0 Å². The number of nitrogens with one attached hydrogen (secondary N) is 1. The molecule has 0 spiro atoms. The lowest BCUT2D eigenvalue weighted by Crippen LogP contribution is -2.47. The van der Waals surface area contributed by atoms with Gasteiger partial charge in [-0.15, -0.1) is 10.2 Å². The van der Waals surface area contributed by atoms with Gasteiger partial charge in [-0.2, -0.15) is 0 Å². The molecular weight excluding hydrogens is 362 g/mol. The van der Waals surface area contributed by atoms with Crippen molar-refractivity contribution in [3.8, 4) is 11.5 Å². The van der Waals surface area contributed by atoms with Crippen molar-refractivity contribution in [3.05, 3.63) is 29.8 Å². The number of aryl methyl sites for hydroxylation is 1. The molecule has 1 atom stereocenters. The van der Waals surface area contributed by atoms with Crippen LogP contribution in [0.1, 0.15) is 18.9 Å². The zero-order valence-electron chi connectivity index (χ0n) is 14.0. The topological polar surface area (TPSA) is 102 Å². The molecule has 0 radical (unpaired) electrons. The highest BCUT2D eigenvalue weighted by molar-refractivity contribution is 7.99. The molecule has 1 saturated heterocycles. The molecule has 3 rings (SSSR count). The quantitative estimate of drug-likeness (QED) is 0.788. The highest BCUT2D eigenvalue weighted by atomic mass is 32.2. The van der Waals surface area contributed by atoms with Crippen LogP contribution in [-0.2, 0) is 14.6 Å². The number of thioether (sulfide) groups is 1. The molecule has 1 aliphatic heterocycles. The van der Waals surface area contributed by atoms with Crippen molar-refractivity contribution in [1.29, 1.82) is 0 Å². The van der Waals surface area contributed by atoms with Crippen LogP contribution in [0.2, 0.25) is 0 Å². The minimum absolute atomic E-state index is 0.0194. The molecule has 1 aliphatic rings. The summed E-state index contributed by atoms with van der Waals surface area (Å²) in [6.07, 6.45) is 0.434. The molecule has 2 heterocycles. The minimum atomic E-state index is -3.06. The SMILES string of the molecule is Cc1ccccc1-c1nnc(SCC(=O)N[C@]2(C)CCS(=O)(=O)C2)o1. The number of nitrogens with zero attached hydrogens (tertiary/aromatic N) is 2. The monoisotopic (exact) mass is 381 g/mol. The van der Waals surface area contributed by atoms with Gasteiger partial charge in [0, 0.05) is 5.56 Å². The normalized spacial score (nSPS) is 22.0. The number of sulfone groups is 1. The van der Waals surface area contributed by atoms with Crippen molar-refractivity contribution in [3.63, 3.8) is 0 Å². The Labute approximate surface area is 150 Å². The van der Waals surface area contributed by atoms with Gasteiger partial charge in [-0.25, -0.2) is 8.42 Å². The molecule has 1 fully saturated rings. The van der Waals surface area contributed by atoms with E-state index in [-0.39, 0.29) is 23.2 Å². The molecule has 9 heteroatoms. The van der Waals surface area contributed by atoms with Crippen LogP contribution in [0.25, 0.3) is 11.5 Å². The average Bonchev–Trinajstić information content (AvgIpc) is 3.10. The maximum atomic E-state index is 12.1. The van der Waals surface area contributed by atoms with Crippen molar-refractivity contribution in [2.45, 2.75) is 31.0 Å². The summed E-state index contributed by atoms with van der Waals surface area (Å²) in [6, 6.07) is 7.67. The Morgan fingerprint density at radius 2 is 2.12 bits per heavy atom. The average molecular weight is 381 g/mol. The zero-order valence-corrected chi connectivity index (χ0v) is 15.6. The summed E-state index contributed by atoms with van der Waals surface area (Å²) in [5.41, 5.74) is 1.18. The molecule has 25 heavy (non-hydrogen) atoms. The fraction of sp³-hybridized carbons (Fsp3) is 0.438. The van der Waals surface area contributed by atoms with E-state index in [9.17, 15) is 13.2 Å². The maximum absolute atomic E-state index is 12.1. The van der Waals surface area contributed by atoms with Gasteiger partial charge in [0.15, 0.2) is 9.84 Å². The minimum Gasteiger partial charge on any atom is -0.411 e. The van der Waals surface area contributed by atoms with E-state index in [1.54, 1.807) is 6.92 Å². The molecule has 0 aliphatic carbocycles. The second-order valence-corrected chi connectivity index (χ2v) is 9.54. The van der Waals surface area contributed by atoms with E-state index in [2.05, 4.69) is 15.5 Å². The summed E-state index contributed by atoms with van der Waals surface area (Å²) in [4.78, 5) is 12.1. The second-order valence-electron chi connectivity index (χ2n) is 6.43. The van der Waals surface area contributed by atoms with Crippen molar-refractivity contribution < 1.29 is 17.6 Å². The molecule has 0 saturated carbocycles. The first-order valence-corrected chi connectivity index (χ1v) is 10.6. The van der Waals surface area contributed by atoms with Crippen molar-refractivity contribution in [2.75, 3.05) is 17.3 Å². The summed E-state index contributed by atoms with van der Waals surface area (Å²) in [6.45, 7) is 3.71. The molecule has 1 amide bonds. The molecule has 1 aromatic carbocycles. The van der Waals surface area contributed by atoms with E-state index in [1.807, 2.05) is 31.2 Å². The van der Waals surface area contributed by atoms with Crippen molar-refractivity contribution in [1.82, 2.24) is 15.5 Å². The fourth-order valence-electron chi connectivity index (χ4n) is 2.80. The molecule has 1 N–H and O–H groups in total. The van der Waals surface area contributed by atoms with Crippen LogP contribution >= 0.6 is 11.8 Å². The highest BCUT2D eigenvalue weighted by Crippen LogP contribution is 2.26. The van der Waals surface area contributed by atoms with Crippen LogP contribution in [0, 0.1) is 6.92 Å². The predicted molar refractivity (Wildman–Crippen MR) is 95.0 cm³/mol. The van der Waals surface area contributed by atoms with E-state index in [4.69, 9.17) is 4.42 Å². The lowest BCUT2D eigenvalue weighted by Gasteiger charge is -2.23. The number of hydrogen-bond donors (Lipinski definition) is 1. The fourth-order valence-corrected chi connectivity index (χ4v) is 5.46. The summed E-state index contributed by atoms with van der Waals surface area (Å²) in [5.74, 6) is 0.342. The van der Waals surface area contributed by atoms with E-state index in [0.29, 0.717) is 17.5 Å². The summed E-state index contributed by atoms with van der Waals surface area (Å²) in [5, 5.41) is 11.1. The van der Waals surface area contributed by atoms with Gasteiger partial charge in [0.25, 0.3) is 5.22 Å². The lowest BCUT2D eigenvalue weighted by molar-refractivity contribution is -0.120. The Bertz CT molecular complexity index is 894. The Kier molecular flexibility index (Phi) is 4.88. The first-order valence-electron chi connectivity index (χ1n) is 7.80. The molecule has 0 unspecified atom stereocenters. The molecular formula is C16H19N3O4S2. The number of carbonyl (C=O) groups excluding carboxylic acids is 1. The van der Waals surface area contributed by atoms with Gasteiger partial charge in [0.05, 0.1) is 22.8 Å². The Morgan fingerprint density at radius 3 is 2.80 bits per heavy atom. The molecule has 2 aromatic rings. The van der Waals surface area contributed by atoms with E-state index < -0.39 is 15.4 Å². The van der Waals surface area contributed by atoms with Gasteiger partial charge >= 0.3 is 0 Å². The standard InChI is InChI=1S/C16H19N3O4S2/c1-11-5-3-4-6-12(11)14-18-19-15(23-14)24-9-13(20)17-16(2)7-8-25(21,22)10-16/h3-6H,7-10H2,1-2H3,(H,17,20)/t16-/m1/s1. The highest BCUT2D eigenvalue weighted by Gasteiger charge is 2.39. The number of rotatable bonds is 5. The smallest absolute Gasteiger partial charge is 0.277 e. The van der Waals surface area contributed by atoms with Crippen LogP contribution < -0.4 is 5.32 Å². The number of hydrogen-bond acceptors (Lipinski definition) is 7. The van der Waals surface area contributed by atoms with Crippen LogP contribution in [-0.4, -0.2) is 47.3 Å². The van der Waals surface area contributed by atoms with Crippen molar-refractivity contribution >= 4 is 27.5 Å². The third kappa shape index (κ3) is 4.40. The lowest BCUT2D eigenvalue weighted by atomic mass is 10.0. The predicted octanol–water partition coefficient (Wildman–Crippen LogP) is 1.83. The van der Waals surface area contributed by atoms with Crippen LogP contribution in [0.15, 0.2) is 33.9 Å². The summed E-state index contributed by atoms with van der Waals surface area (Å²) >= 11 is 1.13. The third-order valence-corrected chi connectivity index (χ3v) is 6.77. The molecule has 0 bridgehead atoms. The number of aromatic nitrogens is 2. The Balaban J connectivity index is 1.58. The van der Waals surface area contributed by atoms with Gasteiger partial charge < -0.3 is 9.73 Å².